The van der Waals surface area contributed by atoms with Crippen LogP contribution < -0.4 is 14.8 Å². The third-order valence-electron chi connectivity index (χ3n) is 3.54. The van der Waals surface area contributed by atoms with E-state index >= 15 is 0 Å². The zero-order valence-corrected chi connectivity index (χ0v) is 13.3. The van der Waals surface area contributed by atoms with Gasteiger partial charge in [-0.15, -0.1) is 0 Å². The van der Waals surface area contributed by atoms with Crippen molar-refractivity contribution < 1.29 is 23.3 Å². The standard InChI is InChI=1S/C16H14N4O5/c1-9-6-10(19-24-9)15-18-14(25-20-15)7-17-16(21)13-8-22-11-4-2-3-5-12(11)23-13/h2-6,13H,7-8H2,1H3,(H,17,21)/t13-/m0/s1. The van der Waals surface area contributed by atoms with E-state index in [0.717, 1.165) is 0 Å². The van der Waals surface area contributed by atoms with Crippen LogP contribution in [0.5, 0.6) is 11.5 Å². The van der Waals surface area contributed by atoms with E-state index in [4.69, 9.17) is 18.5 Å². The van der Waals surface area contributed by atoms with Crippen molar-refractivity contribution in [2.45, 2.75) is 19.6 Å². The average Bonchev–Trinajstić information content (AvgIpc) is 3.28. The molecule has 1 aromatic carbocycles. The van der Waals surface area contributed by atoms with Gasteiger partial charge < -0.3 is 23.8 Å². The number of amides is 1. The molecule has 0 bridgehead atoms. The summed E-state index contributed by atoms with van der Waals surface area (Å²) in [5, 5.41) is 10.3. The molecule has 9 nitrogen and oxygen atoms in total. The van der Waals surface area contributed by atoms with E-state index in [1.54, 1.807) is 25.1 Å². The van der Waals surface area contributed by atoms with Crippen molar-refractivity contribution in [3.8, 4) is 23.0 Å². The molecule has 0 saturated carbocycles. The summed E-state index contributed by atoms with van der Waals surface area (Å²) in [6, 6.07) is 8.88. The maximum absolute atomic E-state index is 12.2. The van der Waals surface area contributed by atoms with E-state index < -0.39 is 6.10 Å². The summed E-state index contributed by atoms with van der Waals surface area (Å²) in [7, 11) is 0. The highest BCUT2D eigenvalue weighted by atomic mass is 16.6. The minimum atomic E-state index is -0.740. The van der Waals surface area contributed by atoms with Gasteiger partial charge in [-0.25, -0.2) is 0 Å². The van der Waals surface area contributed by atoms with Gasteiger partial charge in [-0.05, 0) is 19.1 Å². The molecule has 2 aromatic heterocycles. The van der Waals surface area contributed by atoms with Crippen LogP contribution in [0.4, 0.5) is 0 Å². The van der Waals surface area contributed by atoms with Gasteiger partial charge in [0.25, 0.3) is 5.91 Å². The van der Waals surface area contributed by atoms with Gasteiger partial charge in [0.15, 0.2) is 17.2 Å². The van der Waals surface area contributed by atoms with E-state index in [1.807, 2.05) is 12.1 Å². The molecule has 3 heterocycles. The number of aromatic nitrogens is 3. The Labute approximate surface area is 141 Å². The Morgan fingerprint density at radius 3 is 2.88 bits per heavy atom. The number of aryl methyl sites for hydroxylation is 1. The minimum absolute atomic E-state index is 0.0736. The van der Waals surface area contributed by atoms with E-state index in [-0.39, 0.29) is 24.9 Å². The van der Waals surface area contributed by atoms with Crippen LogP contribution in [0.3, 0.4) is 0 Å². The molecular weight excluding hydrogens is 328 g/mol. The summed E-state index contributed by atoms with van der Waals surface area (Å²) in [4.78, 5) is 16.4. The van der Waals surface area contributed by atoms with Gasteiger partial charge in [0.2, 0.25) is 17.8 Å². The molecule has 0 spiro atoms. The third-order valence-corrected chi connectivity index (χ3v) is 3.54. The summed E-state index contributed by atoms with van der Waals surface area (Å²) >= 11 is 0. The van der Waals surface area contributed by atoms with Gasteiger partial charge in [0.05, 0.1) is 6.54 Å². The molecule has 3 aromatic rings. The molecule has 0 unspecified atom stereocenters. The number of para-hydroxylation sites is 2. The molecule has 1 atom stereocenters. The SMILES string of the molecule is Cc1cc(-c2noc(CNC(=O)[C@@H]3COc4ccccc4O3)n2)no1. The number of hydrogen-bond donors (Lipinski definition) is 1. The van der Waals surface area contributed by atoms with Crippen molar-refractivity contribution in [2.24, 2.45) is 0 Å². The molecule has 128 valence electrons. The van der Waals surface area contributed by atoms with Crippen molar-refractivity contribution in [3.63, 3.8) is 0 Å². The maximum atomic E-state index is 12.2. The molecule has 0 fully saturated rings. The van der Waals surface area contributed by atoms with Crippen molar-refractivity contribution in [2.75, 3.05) is 6.61 Å². The second kappa shape index (κ2) is 6.27. The Morgan fingerprint density at radius 1 is 1.24 bits per heavy atom. The van der Waals surface area contributed by atoms with E-state index in [9.17, 15) is 4.79 Å². The zero-order chi connectivity index (χ0) is 17.2. The average molecular weight is 342 g/mol. The highest BCUT2D eigenvalue weighted by Gasteiger charge is 2.27. The lowest BCUT2D eigenvalue weighted by atomic mass is 10.2. The normalized spacial score (nSPS) is 15.8. The summed E-state index contributed by atoms with van der Waals surface area (Å²) < 4.78 is 21.2. The Bertz CT molecular complexity index is 903. The van der Waals surface area contributed by atoms with Crippen LogP contribution >= 0.6 is 0 Å². The van der Waals surface area contributed by atoms with Gasteiger partial charge >= 0.3 is 0 Å². The Morgan fingerprint density at radius 2 is 2.08 bits per heavy atom. The Hall–Kier alpha value is -3.36. The third kappa shape index (κ3) is 3.16. The molecule has 1 N–H and O–H groups in total. The van der Waals surface area contributed by atoms with Gasteiger partial charge in [0, 0.05) is 6.07 Å². The number of ether oxygens (including phenoxy) is 2. The maximum Gasteiger partial charge on any atom is 0.265 e. The quantitative estimate of drug-likeness (QED) is 0.759. The topological polar surface area (TPSA) is 113 Å². The number of hydrogen-bond acceptors (Lipinski definition) is 8. The lowest BCUT2D eigenvalue weighted by Gasteiger charge is -2.25. The molecule has 25 heavy (non-hydrogen) atoms. The summed E-state index contributed by atoms with van der Waals surface area (Å²) in [5.74, 6) is 2.02. The van der Waals surface area contributed by atoms with Crippen LogP contribution in [0, 0.1) is 6.92 Å². The fourth-order valence-corrected chi connectivity index (χ4v) is 2.33. The van der Waals surface area contributed by atoms with Crippen LogP contribution in [0.15, 0.2) is 39.4 Å². The molecule has 0 aliphatic carbocycles. The molecule has 0 saturated heterocycles. The van der Waals surface area contributed by atoms with Gasteiger partial charge in [-0.1, -0.05) is 22.4 Å². The van der Waals surface area contributed by atoms with Crippen LogP contribution in [-0.4, -0.2) is 33.9 Å². The van der Waals surface area contributed by atoms with Crippen molar-refractivity contribution in [1.29, 1.82) is 0 Å². The van der Waals surface area contributed by atoms with Crippen LogP contribution in [0.2, 0.25) is 0 Å². The molecular formula is C16H14N4O5. The van der Waals surface area contributed by atoms with E-state index in [0.29, 0.717) is 28.8 Å². The van der Waals surface area contributed by atoms with Crippen LogP contribution in [-0.2, 0) is 11.3 Å². The van der Waals surface area contributed by atoms with Crippen LogP contribution in [0.1, 0.15) is 11.7 Å². The molecule has 1 amide bonds. The summed E-state index contributed by atoms with van der Waals surface area (Å²) in [6.45, 7) is 1.97. The fourth-order valence-electron chi connectivity index (χ4n) is 2.33. The second-order valence-electron chi connectivity index (χ2n) is 5.42. The van der Waals surface area contributed by atoms with Crippen molar-refractivity contribution >= 4 is 5.91 Å². The molecule has 0 radical (unpaired) electrons. The smallest absolute Gasteiger partial charge is 0.265 e. The van der Waals surface area contributed by atoms with Crippen LogP contribution in [0.25, 0.3) is 11.5 Å². The first-order chi connectivity index (χ1) is 12.2. The minimum Gasteiger partial charge on any atom is -0.485 e. The lowest BCUT2D eigenvalue weighted by Crippen LogP contribution is -2.43. The first-order valence-corrected chi connectivity index (χ1v) is 7.61. The number of benzene rings is 1. The highest BCUT2D eigenvalue weighted by Crippen LogP contribution is 2.30. The summed E-state index contributed by atoms with van der Waals surface area (Å²) in [6.07, 6.45) is -0.740. The largest absolute Gasteiger partial charge is 0.485 e. The number of nitrogens with zero attached hydrogens (tertiary/aromatic N) is 3. The number of rotatable bonds is 4. The first-order valence-electron chi connectivity index (χ1n) is 7.61. The number of nitrogens with one attached hydrogen (secondary N) is 1. The summed E-state index contributed by atoms with van der Waals surface area (Å²) in [5.41, 5.74) is 0.472. The molecule has 9 heteroatoms. The van der Waals surface area contributed by atoms with E-state index in [1.165, 1.54) is 0 Å². The zero-order valence-electron chi connectivity index (χ0n) is 13.3. The second-order valence-corrected chi connectivity index (χ2v) is 5.42. The van der Waals surface area contributed by atoms with Crippen molar-refractivity contribution in [3.05, 3.63) is 42.0 Å². The van der Waals surface area contributed by atoms with Gasteiger partial charge in [0.1, 0.15) is 12.4 Å². The molecule has 1 aliphatic rings. The van der Waals surface area contributed by atoms with Crippen molar-refractivity contribution in [1.82, 2.24) is 20.6 Å². The predicted molar refractivity (Wildman–Crippen MR) is 82.7 cm³/mol. The monoisotopic (exact) mass is 342 g/mol. The highest BCUT2D eigenvalue weighted by molar-refractivity contribution is 5.81. The number of fused-ring (bicyclic) bond motifs is 1. The first kappa shape index (κ1) is 15.2. The fraction of sp³-hybridized carbons (Fsp3) is 0.250. The number of carbonyl (C=O) groups excluding carboxylic acids is 1. The lowest BCUT2D eigenvalue weighted by molar-refractivity contribution is -0.130. The molecule has 1 aliphatic heterocycles. The Balaban J connectivity index is 1.36. The Kier molecular flexibility index (Phi) is 3.81. The number of carbonyl (C=O) groups is 1. The van der Waals surface area contributed by atoms with Gasteiger partial charge in [-0.2, -0.15) is 4.98 Å². The predicted octanol–water partition coefficient (Wildman–Crippen LogP) is 1.49. The van der Waals surface area contributed by atoms with E-state index in [2.05, 4.69) is 20.6 Å². The van der Waals surface area contributed by atoms with Gasteiger partial charge in [-0.3, -0.25) is 4.79 Å². The molecule has 4 rings (SSSR count).